The van der Waals surface area contributed by atoms with Gasteiger partial charge in [-0.3, -0.25) is 4.79 Å². The van der Waals surface area contributed by atoms with Crippen LogP contribution in [0.4, 0.5) is 0 Å². The van der Waals surface area contributed by atoms with Gasteiger partial charge >= 0.3 is 0 Å². The second kappa shape index (κ2) is 10.0. The summed E-state index contributed by atoms with van der Waals surface area (Å²) < 4.78 is 5.82. The smallest absolute Gasteiger partial charge is 0.251 e. The highest BCUT2D eigenvalue weighted by molar-refractivity contribution is 5.95. The molecule has 0 unspecified atom stereocenters. The summed E-state index contributed by atoms with van der Waals surface area (Å²) in [6.07, 6.45) is 5.94. The van der Waals surface area contributed by atoms with E-state index in [2.05, 4.69) is 11.5 Å². The molecular weight excluding hydrogens is 330 g/mol. The predicted molar refractivity (Wildman–Crippen MR) is 99.8 cm³/mol. The summed E-state index contributed by atoms with van der Waals surface area (Å²) in [5.41, 5.74) is 1.46. The lowest BCUT2D eigenvalue weighted by Crippen LogP contribution is -2.30. The van der Waals surface area contributed by atoms with Crippen LogP contribution in [0.25, 0.3) is 0 Å². The minimum atomic E-state index is -0.561. The first-order chi connectivity index (χ1) is 12.5. The van der Waals surface area contributed by atoms with Gasteiger partial charge < -0.3 is 20.1 Å². The summed E-state index contributed by atoms with van der Waals surface area (Å²) >= 11 is 0. The summed E-state index contributed by atoms with van der Waals surface area (Å²) in [7, 11) is 0. The summed E-state index contributed by atoms with van der Waals surface area (Å²) in [4.78, 5) is 13.9. The first kappa shape index (κ1) is 20.1. The molecule has 0 saturated carbocycles. The number of piperidine rings is 1. The predicted octanol–water partition coefficient (Wildman–Crippen LogP) is 2.46. The average molecular weight is 359 g/mol. The van der Waals surface area contributed by atoms with E-state index in [4.69, 9.17) is 10.00 Å². The van der Waals surface area contributed by atoms with Gasteiger partial charge in [-0.15, -0.1) is 0 Å². The van der Waals surface area contributed by atoms with Gasteiger partial charge in [-0.1, -0.05) is 0 Å². The molecule has 1 aromatic carbocycles. The first-order valence-electron chi connectivity index (χ1n) is 9.34. The number of nitriles is 1. The van der Waals surface area contributed by atoms with Crippen molar-refractivity contribution in [3.63, 3.8) is 0 Å². The molecule has 142 valence electrons. The second-order valence-corrected chi connectivity index (χ2v) is 7.06. The first-order valence-corrected chi connectivity index (χ1v) is 9.34. The minimum absolute atomic E-state index is 0.182. The molecule has 1 aromatic rings. The fraction of sp³-hybridized carbons (Fsp3) is 0.600. The van der Waals surface area contributed by atoms with Crippen LogP contribution >= 0.6 is 0 Å². The Morgan fingerprint density at radius 2 is 2.19 bits per heavy atom. The summed E-state index contributed by atoms with van der Waals surface area (Å²) in [5.74, 6) is 1.28. The van der Waals surface area contributed by atoms with Gasteiger partial charge in [-0.05, 0) is 69.2 Å². The third-order valence-corrected chi connectivity index (χ3v) is 4.78. The van der Waals surface area contributed by atoms with Crippen LogP contribution in [0.3, 0.4) is 0 Å². The molecule has 1 fully saturated rings. The van der Waals surface area contributed by atoms with Crippen LogP contribution in [0, 0.1) is 24.3 Å². The highest BCUT2D eigenvalue weighted by Gasteiger charge is 2.17. The monoisotopic (exact) mass is 359 g/mol. The Morgan fingerprint density at radius 1 is 1.46 bits per heavy atom. The zero-order valence-electron chi connectivity index (χ0n) is 15.7. The van der Waals surface area contributed by atoms with Crippen molar-refractivity contribution in [2.24, 2.45) is 5.92 Å². The van der Waals surface area contributed by atoms with E-state index in [-0.39, 0.29) is 12.5 Å². The lowest BCUT2D eigenvalue weighted by atomic mass is 9.92. The van der Waals surface area contributed by atoms with Crippen LogP contribution in [0.15, 0.2) is 18.2 Å². The summed E-state index contributed by atoms with van der Waals surface area (Å²) in [5, 5.41) is 20.8. The maximum Gasteiger partial charge on any atom is 0.251 e. The topological polar surface area (TPSA) is 85.6 Å². The van der Waals surface area contributed by atoms with Gasteiger partial charge in [0.1, 0.15) is 5.75 Å². The molecule has 1 atom stereocenters. The van der Waals surface area contributed by atoms with Gasteiger partial charge in [0, 0.05) is 25.2 Å². The van der Waals surface area contributed by atoms with Gasteiger partial charge in [0.25, 0.3) is 5.91 Å². The Balaban J connectivity index is 1.72. The third kappa shape index (κ3) is 6.23. The lowest BCUT2D eigenvalue weighted by Gasteiger charge is -2.27. The average Bonchev–Trinajstić information content (AvgIpc) is 2.64. The Hall–Kier alpha value is -2.26. The molecule has 0 bridgehead atoms. The molecule has 1 saturated heterocycles. The number of aryl methyl sites for hydroxylation is 1. The molecule has 1 amide bonds. The number of hydrogen-bond acceptors (Lipinski definition) is 5. The molecule has 1 aliphatic heterocycles. The Morgan fingerprint density at radius 3 is 2.81 bits per heavy atom. The molecule has 1 aliphatic rings. The zero-order chi connectivity index (χ0) is 18.9. The van der Waals surface area contributed by atoms with Crippen molar-refractivity contribution in [1.29, 1.82) is 5.26 Å². The molecule has 0 aliphatic carbocycles. The van der Waals surface area contributed by atoms with Crippen molar-refractivity contribution in [1.82, 2.24) is 10.2 Å². The number of aliphatic hydroxyl groups is 1. The van der Waals surface area contributed by atoms with Crippen molar-refractivity contribution in [3.8, 4) is 11.9 Å². The summed E-state index contributed by atoms with van der Waals surface area (Å²) in [6, 6.07) is 5.46. The number of aliphatic hydroxyl groups excluding tert-OH is 1. The Bertz CT molecular complexity index is 632. The number of carbonyl (C=O) groups is 1. The maximum absolute atomic E-state index is 12.1. The van der Waals surface area contributed by atoms with Gasteiger partial charge in [-0.2, -0.15) is 5.26 Å². The van der Waals surface area contributed by atoms with E-state index < -0.39 is 6.10 Å². The van der Waals surface area contributed by atoms with Gasteiger partial charge in [0.15, 0.2) is 6.19 Å². The van der Waals surface area contributed by atoms with E-state index >= 15 is 0 Å². The molecule has 0 aromatic heterocycles. The number of amides is 1. The number of nitrogens with one attached hydrogen (secondary N) is 1. The normalized spacial score (nSPS) is 16.0. The maximum atomic E-state index is 12.1. The molecule has 2 rings (SSSR count). The molecule has 6 heteroatoms. The Labute approximate surface area is 155 Å². The van der Waals surface area contributed by atoms with E-state index in [0.717, 1.165) is 50.1 Å². The van der Waals surface area contributed by atoms with Crippen molar-refractivity contribution in [2.75, 3.05) is 26.2 Å². The van der Waals surface area contributed by atoms with Gasteiger partial charge in [-0.25, -0.2) is 0 Å². The van der Waals surface area contributed by atoms with Crippen molar-refractivity contribution >= 4 is 5.91 Å². The molecule has 0 radical (unpaired) electrons. The number of nitrogens with zero attached hydrogens (tertiary/aromatic N) is 2. The quantitative estimate of drug-likeness (QED) is 0.550. The number of ether oxygens (including phenoxy) is 1. The largest absolute Gasteiger partial charge is 0.494 e. The van der Waals surface area contributed by atoms with Gasteiger partial charge in [0.05, 0.1) is 12.7 Å². The van der Waals surface area contributed by atoms with E-state index in [9.17, 15) is 9.90 Å². The lowest BCUT2D eigenvalue weighted by molar-refractivity contribution is 0.0923. The van der Waals surface area contributed by atoms with E-state index in [1.807, 2.05) is 24.0 Å². The summed E-state index contributed by atoms with van der Waals surface area (Å²) in [6.45, 7) is 6.17. The third-order valence-electron chi connectivity index (χ3n) is 4.78. The van der Waals surface area contributed by atoms with Crippen molar-refractivity contribution in [2.45, 2.75) is 45.6 Å². The van der Waals surface area contributed by atoms with Crippen molar-refractivity contribution < 1.29 is 14.6 Å². The molecular formula is C20H29N3O3. The van der Waals surface area contributed by atoms with E-state index in [1.165, 1.54) is 0 Å². The zero-order valence-corrected chi connectivity index (χ0v) is 15.7. The number of likely N-dealkylation sites (tertiary alicyclic amines) is 1. The van der Waals surface area contributed by atoms with Crippen LogP contribution in [-0.4, -0.2) is 48.3 Å². The Kier molecular flexibility index (Phi) is 7.73. The molecule has 2 N–H and O–H groups in total. The standard InChI is InChI=1S/C20H29N3O3/c1-15-12-18(5-6-19(15)20(25)22-13-16(2)24)26-11-3-4-17-7-9-23(14-21)10-8-17/h5-6,12,16-17,24H,3-4,7-11,13H2,1-2H3,(H,22,25)/t16-/m1/s1. The van der Waals surface area contributed by atoms with Crippen LogP contribution in [-0.2, 0) is 0 Å². The molecule has 6 nitrogen and oxygen atoms in total. The SMILES string of the molecule is Cc1cc(OCCCC2CCN(C#N)CC2)ccc1C(=O)NC[C@@H](C)O. The van der Waals surface area contributed by atoms with Crippen LogP contribution < -0.4 is 10.1 Å². The second-order valence-electron chi connectivity index (χ2n) is 7.06. The van der Waals surface area contributed by atoms with Crippen molar-refractivity contribution in [3.05, 3.63) is 29.3 Å². The molecule has 1 heterocycles. The number of rotatable bonds is 8. The number of benzene rings is 1. The number of carbonyl (C=O) groups excluding carboxylic acids is 1. The highest BCUT2D eigenvalue weighted by Crippen LogP contribution is 2.22. The molecule has 26 heavy (non-hydrogen) atoms. The number of hydrogen-bond donors (Lipinski definition) is 2. The van der Waals surface area contributed by atoms with Crippen LogP contribution in [0.2, 0.25) is 0 Å². The molecule has 0 spiro atoms. The fourth-order valence-corrected chi connectivity index (χ4v) is 3.20. The fourth-order valence-electron chi connectivity index (χ4n) is 3.20. The van der Waals surface area contributed by atoms with E-state index in [0.29, 0.717) is 18.1 Å². The van der Waals surface area contributed by atoms with Crippen LogP contribution in [0.1, 0.15) is 48.5 Å². The van der Waals surface area contributed by atoms with Crippen LogP contribution in [0.5, 0.6) is 5.75 Å². The van der Waals surface area contributed by atoms with E-state index in [1.54, 1.807) is 13.0 Å². The van der Waals surface area contributed by atoms with Gasteiger partial charge in [0.2, 0.25) is 0 Å². The highest BCUT2D eigenvalue weighted by atomic mass is 16.5. The minimum Gasteiger partial charge on any atom is -0.494 e.